The first-order chi connectivity index (χ1) is 14.1. The third-order valence-electron chi connectivity index (χ3n) is 5.64. The molecule has 0 radical (unpaired) electrons. The third kappa shape index (κ3) is 3.42. The molecule has 0 saturated heterocycles. The minimum atomic E-state index is -0.978. The maximum absolute atomic E-state index is 12.8. The van der Waals surface area contributed by atoms with Crippen molar-refractivity contribution >= 4 is 28.5 Å². The molecule has 1 N–H and O–H groups in total. The van der Waals surface area contributed by atoms with Gasteiger partial charge in [0.15, 0.2) is 5.75 Å². The zero-order chi connectivity index (χ0) is 20.0. The summed E-state index contributed by atoms with van der Waals surface area (Å²) in [5.74, 6) is 0.614. The summed E-state index contributed by atoms with van der Waals surface area (Å²) in [5, 5.41) is 12.5. The Morgan fingerprint density at radius 3 is 2.72 bits per heavy atom. The number of benzene rings is 2. The van der Waals surface area contributed by atoms with Crippen LogP contribution in [0.1, 0.15) is 30.0 Å². The maximum atomic E-state index is 12.8. The summed E-state index contributed by atoms with van der Waals surface area (Å²) in [6, 6.07) is 15.1. The number of pyridine rings is 1. The maximum Gasteiger partial charge on any atom is 0.327 e. The quantitative estimate of drug-likeness (QED) is 0.666. The molecule has 5 rings (SSSR count). The summed E-state index contributed by atoms with van der Waals surface area (Å²) in [7, 11) is 0. The van der Waals surface area contributed by atoms with Crippen molar-refractivity contribution in [3.8, 4) is 5.75 Å². The van der Waals surface area contributed by atoms with Gasteiger partial charge in [0.2, 0.25) is 0 Å². The summed E-state index contributed by atoms with van der Waals surface area (Å²) in [4.78, 5) is 24.4. The lowest BCUT2D eigenvalue weighted by atomic mass is 9.98. The summed E-state index contributed by atoms with van der Waals surface area (Å²) in [5.41, 5.74) is 1.68. The van der Waals surface area contributed by atoms with Gasteiger partial charge in [0.1, 0.15) is 11.1 Å². The second-order valence-corrected chi connectivity index (χ2v) is 8.76. The summed E-state index contributed by atoms with van der Waals surface area (Å²) < 4.78 is 7.59. The fourth-order valence-corrected chi connectivity index (χ4v) is 5.18. The highest BCUT2D eigenvalue weighted by molar-refractivity contribution is 7.99. The van der Waals surface area contributed by atoms with Crippen LogP contribution in [-0.2, 0) is 11.2 Å². The molecule has 1 aromatic heterocycles. The van der Waals surface area contributed by atoms with Crippen LogP contribution < -0.4 is 10.3 Å². The molecule has 1 fully saturated rings. The highest BCUT2D eigenvalue weighted by Gasteiger charge is 2.34. The first-order valence-electron chi connectivity index (χ1n) is 9.85. The van der Waals surface area contributed by atoms with E-state index in [1.54, 1.807) is 6.07 Å². The van der Waals surface area contributed by atoms with E-state index in [-0.39, 0.29) is 5.56 Å². The Bertz CT molecular complexity index is 1160. The molecule has 5 nitrogen and oxygen atoms in total. The molecular weight excluding hydrogens is 386 g/mol. The first-order valence-corrected chi connectivity index (χ1v) is 10.8. The van der Waals surface area contributed by atoms with Crippen LogP contribution in [0.3, 0.4) is 0 Å². The molecule has 148 valence electrons. The summed E-state index contributed by atoms with van der Waals surface area (Å²) >= 11 is 1.40. The summed E-state index contributed by atoms with van der Waals surface area (Å²) in [6.07, 6.45) is 2.90. The molecule has 29 heavy (non-hydrogen) atoms. The van der Waals surface area contributed by atoms with E-state index in [1.165, 1.54) is 29.2 Å². The van der Waals surface area contributed by atoms with Crippen LogP contribution in [0.2, 0.25) is 0 Å². The second kappa shape index (κ2) is 7.26. The number of rotatable bonds is 6. The van der Waals surface area contributed by atoms with Crippen LogP contribution in [0, 0.1) is 5.92 Å². The Balaban J connectivity index is 1.61. The van der Waals surface area contributed by atoms with E-state index in [0.29, 0.717) is 35.5 Å². The zero-order valence-corrected chi connectivity index (χ0v) is 16.7. The van der Waals surface area contributed by atoms with Crippen LogP contribution in [-0.4, -0.2) is 28.0 Å². The van der Waals surface area contributed by atoms with E-state index in [4.69, 9.17) is 4.74 Å². The van der Waals surface area contributed by atoms with Crippen molar-refractivity contribution in [3.63, 3.8) is 0 Å². The van der Waals surface area contributed by atoms with Gasteiger partial charge in [0, 0.05) is 23.8 Å². The van der Waals surface area contributed by atoms with Gasteiger partial charge in [0.05, 0.1) is 6.61 Å². The standard InChI is InChI=1S/C23H21NO4S/c25-20-11-17(10-16-6-3-5-15-4-1-2-7-18(15)16)21(28-12-14-8-9-14)22-24(20)19(13-29-22)23(26)27/h1-7,11,14,19H,8-10,12-13H2,(H,26,27)/t19-/m0/s1. The van der Waals surface area contributed by atoms with E-state index in [1.807, 2.05) is 18.2 Å². The highest BCUT2D eigenvalue weighted by atomic mass is 32.2. The Kier molecular flexibility index (Phi) is 4.59. The molecule has 0 spiro atoms. The van der Waals surface area contributed by atoms with Crippen molar-refractivity contribution < 1.29 is 14.6 Å². The lowest BCUT2D eigenvalue weighted by Crippen LogP contribution is -2.29. The van der Waals surface area contributed by atoms with Gasteiger partial charge in [-0.15, -0.1) is 11.8 Å². The van der Waals surface area contributed by atoms with Gasteiger partial charge >= 0.3 is 5.97 Å². The van der Waals surface area contributed by atoms with Gasteiger partial charge in [-0.1, -0.05) is 42.5 Å². The molecule has 2 heterocycles. The highest BCUT2D eigenvalue weighted by Crippen LogP contribution is 2.42. The monoisotopic (exact) mass is 407 g/mol. The number of thioether (sulfide) groups is 1. The Labute approximate surface area is 172 Å². The number of fused-ring (bicyclic) bond motifs is 2. The van der Waals surface area contributed by atoms with E-state index in [2.05, 4.69) is 24.3 Å². The van der Waals surface area contributed by atoms with Gasteiger partial charge < -0.3 is 9.84 Å². The van der Waals surface area contributed by atoms with Crippen molar-refractivity contribution in [3.05, 3.63) is 70.0 Å². The predicted octanol–water partition coefficient (Wildman–Crippen LogP) is 4.11. The second-order valence-electron chi connectivity index (χ2n) is 7.75. The molecule has 1 saturated carbocycles. The van der Waals surface area contributed by atoms with Crippen LogP contribution >= 0.6 is 11.8 Å². The number of carboxylic acids is 1. The molecule has 0 unspecified atom stereocenters. The van der Waals surface area contributed by atoms with Crippen LogP contribution in [0.15, 0.2) is 58.4 Å². The average molecular weight is 407 g/mol. The number of aliphatic carboxylic acids is 1. The zero-order valence-electron chi connectivity index (χ0n) is 15.8. The minimum absolute atomic E-state index is 0.272. The normalized spacial score (nSPS) is 18.0. The Morgan fingerprint density at radius 2 is 1.93 bits per heavy atom. The van der Waals surface area contributed by atoms with Gasteiger partial charge in [0.25, 0.3) is 5.56 Å². The molecule has 2 aliphatic rings. The molecule has 1 aliphatic heterocycles. The lowest BCUT2D eigenvalue weighted by Gasteiger charge is -2.17. The first kappa shape index (κ1) is 18.3. The van der Waals surface area contributed by atoms with E-state index < -0.39 is 12.0 Å². The minimum Gasteiger partial charge on any atom is -0.490 e. The van der Waals surface area contributed by atoms with Crippen molar-refractivity contribution in [1.29, 1.82) is 0 Å². The van der Waals surface area contributed by atoms with E-state index in [0.717, 1.165) is 21.9 Å². The Morgan fingerprint density at radius 1 is 1.14 bits per heavy atom. The number of ether oxygens (including phenoxy) is 1. The van der Waals surface area contributed by atoms with Crippen molar-refractivity contribution in [2.75, 3.05) is 12.4 Å². The van der Waals surface area contributed by atoms with Crippen LogP contribution in [0.5, 0.6) is 5.75 Å². The third-order valence-corrected chi connectivity index (χ3v) is 6.77. The SMILES string of the molecule is O=C(O)[C@@H]1CSc2c(OCC3CC3)c(Cc3cccc4ccccc34)cc(=O)n21. The number of carbonyl (C=O) groups is 1. The van der Waals surface area contributed by atoms with Crippen molar-refractivity contribution in [2.24, 2.45) is 5.92 Å². The van der Waals surface area contributed by atoms with Gasteiger partial charge in [-0.25, -0.2) is 4.79 Å². The van der Waals surface area contributed by atoms with Gasteiger partial charge in [-0.05, 0) is 35.1 Å². The number of nitrogens with zero attached hydrogens (tertiary/aromatic N) is 1. The molecular formula is C23H21NO4S. The molecule has 2 aromatic carbocycles. The number of aromatic nitrogens is 1. The molecule has 1 aliphatic carbocycles. The number of hydrogen-bond donors (Lipinski definition) is 1. The predicted molar refractivity (Wildman–Crippen MR) is 113 cm³/mol. The number of hydrogen-bond acceptors (Lipinski definition) is 4. The molecule has 6 heteroatoms. The lowest BCUT2D eigenvalue weighted by molar-refractivity contribution is -0.140. The van der Waals surface area contributed by atoms with Gasteiger partial charge in [-0.3, -0.25) is 9.36 Å². The average Bonchev–Trinajstić information content (AvgIpc) is 3.43. The molecule has 0 amide bonds. The fraction of sp³-hybridized carbons (Fsp3) is 0.304. The topological polar surface area (TPSA) is 68.5 Å². The fourth-order valence-electron chi connectivity index (χ4n) is 3.90. The molecule has 0 bridgehead atoms. The van der Waals surface area contributed by atoms with Crippen LogP contribution in [0.25, 0.3) is 10.8 Å². The largest absolute Gasteiger partial charge is 0.490 e. The van der Waals surface area contributed by atoms with Crippen LogP contribution in [0.4, 0.5) is 0 Å². The van der Waals surface area contributed by atoms with E-state index in [9.17, 15) is 14.7 Å². The molecule has 3 aromatic rings. The Hall–Kier alpha value is -2.73. The number of carboxylic acid groups (broad SMARTS) is 1. The van der Waals surface area contributed by atoms with Gasteiger partial charge in [-0.2, -0.15) is 0 Å². The molecule has 1 atom stereocenters. The smallest absolute Gasteiger partial charge is 0.327 e. The van der Waals surface area contributed by atoms with Crippen molar-refractivity contribution in [1.82, 2.24) is 4.57 Å². The summed E-state index contributed by atoms with van der Waals surface area (Å²) in [6.45, 7) is 0.617. The van der Waals surface area contributed by atoms with Crippen molar-refractivity contribution in [2.45, 2.75) is 30.3 Å². The van der Waals surface area contributed by atoms with E-state index >= 15 is 0 Å².